The quantitative estimate of drug-likeness (QED) is 0.661. The van der Waals surface area contributed by atoms with Crippen LogP contribution in [0.1, 0.15) is 34.4 Å². The first-order valence-corrected chi connectivity index (χ1v) is 9.32. The Morgan fingerprint density at radius 2 is 1.79 bits per heavy atom. The van der Waals surface area contributed by atoms with E-state index in [1.54, 1.807) is 31.2 Å². The van der Waals surface area contributed by atoms with Gasteiger partial charge in [-0.05, 0) is 31.5 Å². The highest BCUT2D eigenvalue weighted by atomic mass is 16.5. The molecule has 1 N–H and O–H groups in total. The zero-order chi connectivity index (χ0) is 21.1. The van der Waals surface area contributed by atoms with E-state index in [-0.39, 0.29) is 12.3 Å². The minimum atomic E-state index is -0.455. The number of hydrogen-bond donors (Lipinski definition) is 1. The largest absolute Gasteiger partial charge is 0.497 e. The summed E-state index contributed by atoms with van der Waals surface area (Å²) >= 11 is 0. The first kappa shape index (κ1) is 20.4. The lowest BCUT2D eigenvalue weighted by Gasteiger charge is -2.20. The van der Waals surface area contributed by atoms with Crippen LogP contribution in [-0.4, -0.2) is 39.5 Å². The van der Waals surface area contributed by atoms with Gasteiger partial charge in [0, 0.05) is 43.8 Å². The lowest BCUT2D eigenvalue weighted by molar-refractivity contribution is -0.121. The van der Waals surface area contributed by atoms with Crippen LogP contribution in [0.4, 0.5) is 0 Å². The Hall–Kier alpha value is -3.29. The third kappa shape index (κ3) is 4.26. The van der Waals surface area contributed by atoms with Gasteiger partial charge in [-0.15, -0.1) is 0 Å². The summed E-state index contributed by atoms with van der Waals surface area (Å²) in [5, 5.41) is 7.52. The SMILES string of the molecule is COc1cc(OC)cc(C(NC(=O)Cc2c(C)nn(C)c2C)c2nccn2C)c1. The number of benzene rings is 1. The molecule has 2 aromatic heterocycles. The van der Waals surface area contributed by atoms with E-state index in [1.165, 1.54) is 0 Å². The van der Waals surface area contributed by atoms with E-state index in [0.29, 0.717) is 17.3 Å². The van der Waals surface area contributed by atoms with Crippen LogP contribution in [-0.2, 0) is 25.3 Å². The number of nitrogens with one attached hydrogen (secondary N) is 1. The van der Waals surface area contributed by atoms with Crippen LogP contribution in [0.25, 0.3) is 0 Å². The van der Waals surface area contributed by atoms with Gasteiger partial charge in [0.15, 0.2) is 0 Å². The molecule has 154 valence electrons. The van der Waals surface area contributed by atoms with Crippen LogP contribution in [0.15, 0.2) is 30.6 Å². The monoisotopic (exact) mass is 397 g/mol. The van der Waals surface area contributed by atoms with E-state index in [0.717, 1.165) is 22.5 Å². The van der Waals surface area contributed by atoms with Crippen LogP contribution >= 0.6 is 0 Å². The van der Waals surface area contributed by atoms with E-state index in [2.05, 4.69) is 15.4 Å². The van der Waals surface area contributed by atoms with Gasteiger partial charge >= 0.3 is 0 Å². The summed E-state index contributed by atoms with van der Waals surface area (Å²) in [6, 6.07) is 5.10. The van der Waals surface area contributed by atoms with Gasteiger partial charge in [0.1, 0.15) is 23.4 Å². The van der Waals surface area contributed by atoms with Crippen LogP contribution in [0.5, 0.6) is 11.5 Å². The summed E-state index contributed by atoms with van der Waals surface area (Å²) in [6.45, 7) is 3.88. The van der Waals surface area contributed by atoms with Crippen molar-refractivity contribution in [2.75, 3.05) is 14.2 Å². The molecular formula is C21H27N5O3. The number of rotatable bonds is 7. The van der Waals surface area contributed by atoms with Gasteiger partial charge in [-0.3, -0.25) is 9.48 Å². The summed E-state index contributed by atoms with van der Waals surface area (Å²) in [5.41, 5.74) is 3.60. The number of hydrogen-bond acceptors (Lipinski definition) is 5. The predicted octanol–water partition coefficient (Wildman–Crippen LogP) is 2.24. The van der Waals surface area contributed by atoms with Crippen molar-refractivity contribution in [1.29, 1.82) is 0 Å². The van der Waals surface area contributed by atoms with Crippen molar-refractivity contribution >= 4 is 5.91 Å². The van der Waals surface area contributed by atoms with Crippen molar-refractivity contribution in [3.63, 3.8) is 0 Å². The molecule has 0 radical (unpaired) electrons. The summed E-state index contributed by atoms with van der Waals surface area (Å²) in [7, 11) is 6.97. The fourth-order valence-corrected chi connectivity index (χ4v) is 3.39. The third-order valence-corrected chi connectivity index (χ3v) is 5.13. The molecule has 1 aromatic carbocycles. The van der Waals surface area contributed by atoms with Gasteiger partial charge in [0.05, 0.1) is 26.3 Å². The molecule has 0 fully saturated rings. The lowest BCUT2D eigenvalue weighted by atomic mass is 10.0. The molecule has 3 rings (SSSR count). The maximum absolute atomic E-state index is 13.0. The molecule has 1 unspecified atom stereocenters. The van der Waals surface area contributed by atoms with Gasteiger partial charge in [0.2, 0.25) is 5.91 Å². The van der Waals surface area contributed by atoms with E-state index in [4.69, 9.17) is 9.47 Å². The van der Waals surface area contributed by atoms with Crippen LogP contribution in [0, 0.1) is 13.8 Å². The molecule has 1 atom stereocenters. The minimum absolute atomic E-state index is 0.112. The molecule has 0 aliphatic heterocycles. The number of carbonyl (C=O) groups is 1. The minimum Gasteiger partial charge on any atom is -0.497 e. The number of nitrogens with zero attached hydrogens (tertiary/aromatic N) is 4. The standard InChI is InChI=1S/C21H27N5O3/c1-13-18(14(2)26(4)24-13)12-19(27)23-20(21-22-7-8-25(21)3)15-9-16(28-5)11-17(10-15)29-6/h7-11,20H,12H2,1-6H3,(H,23,27). The summed E-state index contributed by atoms with van der Waals surface area (Å²) in [5.74, 6) is 1.89. The van der Waals surface area contributed by atoms with Gasteiger partial charge in [-0.1, -0.05) is 0 Å². The normalized spacial score (nSPS) is 11.9. The lowest BCUT2D eigenvalue weighted by Crippen LogP contribution is -2.32. The van der Waals surface area contributed by atoms with Crippen molar-refractivity contribution in [2.24, 2.45) is 14.1 Å². The molecule has 0 saturated carbocycles. The fourth-order valence-electron chi connectivity index (χ4n) is 3.39. The fraction of sp³-hybridized carbons (Fsp3) is 0.381. The second-order valence-corrected chi connectivity index (χ2v) is 6.99. The highest BCUT2D eigenvalue weighted by Gasteiger charge is 2.23. The van der Waals surface area contributed by atoms with Crippen molar-refractivity contribution in [3.05, 3.63) is 58.9 Å². The highest BCUT2D eigenvalue weighted by molar-refractivity contribution is 5.80. The average Bonchev–Trinajstić information content (AvgIpc) is 3.23. The molecule has 29 heavy (non-hydrogen) atoms. The van der Waals surface area contributed by atoms with Gasteiger partial charge in [-0.2, -0.15) is 5.10 Å². The van der Waals surface area contributed by atoms with Gasteiger partial charge in [-0.25, -0.2) is 4.98 Å². The number of aryl methyl sites for hydroxylation is 3. The predicted molar refractivity (Wildman–Crippen MR) is 109 cm³/mol. The molecule has 1 amide bonds. The number of amides is 1. The van der Waals surface area contributed by atoms with E-state index < -0.39 is 6.04 Å². The Kier molecular flexibility index (Phi) is 5.91. The van der Waals surface area contributed by atoms with E-state index >= 15 is 0 Å². The summed E-state index contributed by atoms with van der Waals surface area (Å²) in [4.78, 5) is 17.4. The highest BCUT2D eigenvalue weighted by Crippen LogP contribution is 2.29. The Labute approximate surface area is 170 Å². The molecule has 0 aliphatic rings. The number of aromatic nitrogens is 4. The molecule has 3 aromatic rings. The van der Waals surface area contributed by atoms with Crippen molar-refractivity contribution < 1.29 is 14.3 Å². The second-order valence-electron chi connectivity index (χ2n) is 6.99. The molecular weight excluding hydrogens is 370 g/mol. The second kappa shape index (κ2) is 8.38. The number of methoxy groups -OCH3 is 2. The first-order valence-electron chi connectivity index (χ1n) is 9.32. The topological polar surface area (TPSA) is 83.2 Å². The van der Waals surface area contributed by atoms with Crippen LogP contribution < -0.4 is 14.8 Å². The Morgan fingerprint density at radius 3 is 2.28 bits per heavy atom. The van der Waals surface area contributed by atoms with Crippen LogP contribution in [0.2, 0.25) is 0 Å². The molecule has 0 spiro atoms. The Balaban J connectivity index is 1.95. The summed E-state index contributed by atoms with van der Waals surface area (Å²) < 4.78 is 14.5. The maximum atomic E-state index is 13.0. The Morgan fingerprint density at radius 1 is 1.14 bits per heavy atom. The maximum Gasteiger partial charge on any atom is 0.225 e. The molecule has 0 bridgehead atoms. The number of ether oxygens (including phenoxy) is 2. The first-order chi connectivity index (χ1) is 13.8. The molecule has 2 heterocycles. The number of carbonyl (C=O) groups excluding carboxylic acids is 1. The average molecular weight is 397 g/mol. The Bertz CT molecular complexity index is 999. The van der Waals surface area contributed by atoms with Crippen molar-refractivity contribution in [2.45, 2.75) is 26.3 Å². The molecule has 8 nitrogen and oxygen atoms in total. The zero-order valence-electron chi connectivity index (χ0n) is 17.7. The number of imidazole rings is 1. The van der Waals surface area contributed by atoms with Crippen molar-refractivity contribution in [3.8, 4) is 11.5 Å². The molecule has 8 heteroatoms. The smallest absolute Gasteiger partial charge is 0.225 e. The van der Waals surface area contributed by atoms with E-state index in [9.17, 15) is 4.79 Å². The molecule has 0 aliphatic carbocycles. The summed E-state index contributed by atoms with van der Waals surface area (Å²) in [6.07, 6.45) is 3.80. The van der Waals surface area contributed by atoms with Crippen LogP contribution in [0.3, 0.4) is 0 Å². The van der Waals surface area contributed by atoms with Gasteiger partial charge in [0.25, 0.3) is 0 Å². The zero-order valence-corrected chi connectivity index (χ0v) is 17.7. The third-order valence-electron chi connectivity index (χ3n) is 5.13. The van der Waals surface area contributed by atoms with E-state index in [1.807, 2.05) is 50.8 Å². The molecule has 0 saturated heterocycles. The van der Waals surface area contributed by atoms with Crippen molar-refractivity contribution in [1.82, 2.24) is 24.6 Å². The van der Waals surface area contributed by atoms with Gasteiger partial charge < -0.3 is 19.4 Å².